The van der Waals surface area contributed by atoms with E-state index < -0.39 is 23.5 Å². The Morgan fingerprint density at radius 2 is 1.95 bits per heavy atom. The van der Waals surface area contributed by atoms with Gasteiger partial charge in [-0.05, 0) is 37.8 Å². The largest absolute Gasteiger partial charge is 0.485 e. The SMILES string of the molecule is C[C@](NC(=O)[C@@H]1COc2ccccc2O1)(C(=O)O)C1CC1. The molecule has 3 rings (SSSR count). The van der Waals surface area contributed by atoms with Crippen molar-refractivity contribution in [2.75, 3.05) is 6.61 Å². The molecule has 2 N–H and O–H groups in total. The Kier molecular flexibility index (Phi) is 3.23. The van der Waals surface area contributed by atoms with E-state index in [1.807, 2.05) is 6.07 Å². The van der Waals surface area contributed by atoms with Gasteiger partial charge in [0.2, 0.25) is 6.10 Å². The highest BCUT2D eigenvalue weighted by molar-refractivity contribution is 5.89. The molecule has 1 aliphatic carbocycles. The van der Waals surface area contributed by atoms with Crippen LogP contribution >= 0.6 is 0 Å². The van der Waals surface area contributed by atoms with E-state index in [0.29, 0.717) is 11.5 Å². The molecule has 0 bridgehead atoms. The maximum absolute atomic E-state index is 12.3. The van der Waals surface area contributed by atoms with Crippen molar-refractivity contribution < 1.29 is 24.2 Å². The number of para-hydroxylation sites is 2. The maximum atomic E-state index is 12.3. The van der Waals surface area contributed by atoms with Crippen LogP contribution in [0.5, 0.6) is 11.5 Å². The van der Waals surface area contributed by atoms with Crippen molar-refractivity contribution in [3.05, 3.63) is 24.3 Å². The van der Waals surface area contributed by atoms with Crippen molar-refractivity contribution in [2.24, 2.45) is 5.92 Å². The molecule has 2 atom stereocenters. The smallest absolute Gasteiger partial charge is 0.329 e. The van der Waals surface area contributed by atoms with E-state index in [4.69, 9.17) is 9.47 Å². The van der Waals surface area contributed by atoms with Gasteiger partial charge in [-0.3, -0.25) is 4.79 Å². The molecule has 0 saturated heterocycles. The highest BCUT2D eigenvalue weighted by atomic mass is 16.6. The standard InChI is InChI=1S/C15H17NO5/c1-15(14(18)19,9-6-7-9)16-13(17)12-8-20-10-4-2-3-5-11(10)21-12/h2-5,9,12H,6-8H2,1H3,(H,16,17)(H,18,19)/t12-,15+/m0/s1. The minimum absolute atomic E-state index is 0.0178. The van der Waals surface area contributed by atoms with Crippen molar-refractivity contribution in [3.8, 4) is 11.5 Å². The van der Waals surface area contributed by atoms with E-state index in [1.54, 1.807) is 25.1 Å². The molecule has 2 aliphatic rings. The van der Waals surface area contributed by atoms with Crippen LogP contribution in [0.3, 0.4) is 0 Å². The number of amides is 1. The highest BCUT2D eigenvalue weighted by Gasteiger charge is 2.49. The third-order valence-corrected chi connectivity index (χ3v) is 4.02. The van der Waals surface area contributed by atoms with E-state index in [9.17, 15) is 14.7 Å². The van der Waals surface area contributed by atoms with Crippen molar-refractivity contribution in [1.82, 2.24) is 5.32 Å². The molecule has 1 aromatic carbocycles. The summed E-state index contributed by atoms with van der Waals surface area (Å²) >= 11 is 0. The first kappa shape index (κ1) is 13.7. The second kappa shape index (κ2) is 4.95. The molecule has 0 aromatic heterocycles. The lowest BCUT2D eigenvalue weighted by Crippen LogP contribution is -2.58. The van der Waals surface area contributed by atoms with Gasteiger partial charge in [-0.1, -0.05) is 12.1 Å². The Morgan fingerprint density at radius 3 is 2.57 bits per heavy atom. The van der Waals surface area contributed by atoms with Crippen LogP contribution in [0.25, 0.3) is 0 Å². The molecule has 1 amide bonds. The number of fused-ring (bicyclic) bond motifs is 1. The van der Waals surface area contributed by atoms with Gasteiger partial charge in [-0.25, -0.2) is 4.79 Å². The Hall–Kier alpha value is -2.24. The van der Waals surface area contributed by atoms with Crippen LogP contribution < -0.4 is 14.8 Å². The van der Waals surface area contributed by atoms with Crippen LogP contribution in [0.15, 0.2) is 24.3 Å². The maximum Gasteiger partial charge on any atom is 0.329 e. The molecule has 0 spiro atoms. The molecule has 1 saturated carbocycles. The number of carbonyl (C=O) groups excluding carboxylic acids is 1. The van der Waals surface area contributed by atoms with Crippen LogP contribution in [0.1, 0.15) is 19.8 Å². The van der Waals surface area contributed by atoms with Crippen LogP contribution in [0, 0.1) is 5.92 Å². The fraction of sp³-hybridized carbons (Fsp3) is 0.467. The van der Waals surface area contributed by atoms with Crippen molar-refractivity contribution in [1.29, 1.82) is 0 Å². The summed E-state index contributed by atoms with van der Waals surface area (Å²) in [5.41, 5.74) is -1.24. The van der Waals surface area contributed by atoms with Crippen LogP contribution in [0.2, 0.25) is 0 Å². The van der Waals surface area contributed by atoms with Gasteiger partial charge in [0.15, 0.2) is 11.5 Å². The predicted octanol–water partition coefficient (Wildman–Crippen LogP) is 1.20. The Labute approximate surface area is 122 Å². The summed E-state index contributed by atoms with van der Waals surface area (Å²) in [5.74, 6) is -0.412. The summed E-state index contributed by atoms with van der Waals surface area (Å²) in [5, 5.41) is 12.0. The van der Waals surface area contributed by atoms with Gasteiger partial charge in [-0.15, -0.1) is 0 Å². The third kappa shape index (κ3) is 2.53. The highest BCUT2D eigenvalue weighted by Crippen LogP contribution is 2.40. The number of hydrogen-bond donors (Lipinski definition) is 2. The summed E-state index contributed by atoms with van der Waals surface area (Å²) < 4.78 is 11.1. The summed E-state index contributed by atoms with van der Waals surface area (Å²) in [7, 11) is 0. The molecule has 1 fully saturated rings. The van der Waals surface area contributed by atoms with E-state index in [1.165, 1.54) is 0 Å². The number of aliphatic carboxylic acids is 1. The van der Waals surface area contributed by atoms with Gasteiger partial charge in [0.25, 0.3) is 5.91 Å². The van der Waals surface area contributed by atoms with Gasteiger partial charge in [0, 0.05) is 0 Å². The summed E-state index contributed by atoms with van der Waals surface area (Å²) in [4.78, 5) is 23.7. The summed E-state index contributed by atoms with van der Waals surface area (Å²) in [6.07, 6.45) is 0.791. The van der Waals surface area contributed by atoms with Crippen molar-refractivity contribution in [2.45, 2.75) is 31.4 Å². The van der Waals surface area contributed by atoms with Gasteiger partial charge < -0.3 is 19.9 Å². The number of carboxylic acids is 1. The van der Waals surface area contributed by atoms with E-state index in [-0.39, 0.29) is 12.5 Å². The lowest BCUT2D eigenvalue weighted by atomic mass is 9.95. The molecular formula is C15H17NO5. The van der Waals surface area contributed by atoms with Gasteiger partial charge in [0.1, 0.15) is 12.1 Å². The molecule has 112 valence electrons. The molecule has 1 heterocycles. The number of benzene rings is 1. The second-order valence-corrected chi connectivity index (χ2v) is 5.64. The molecule has 6 nitrogen and oxygen atoms in total. The quantitative estimate of drug-likeness (QED) is 0.870. The zero-order valence-corrected chi connectivity index (χ0v) is 11.7. The molecule has 0 radical (unpaired) electrons. The molecule has 6 heteroatoms. The van der Waals surface area contributed by atoms with Gasteiger partial charge >= 0.3 is 5.97 Å². The zero-order valence-electron chi connectivity index (χ0n) is 11.7. The second-order valence-electron chi connectivity index (χ2n) is 5.64. The van der Waals surface area contributed by atoms with E-state index in [0.717, 1.165) is 12.8 Å². The first-order chi connectivity index (χ1) is 10.0. The van der Waals surface area contributed by atoms with Crippen LogP contribution in [-0.2, 0) is 9.59 Å². The monoisotopic (exact) mass is 291 g/mol. The molecule has 1 aliphatic heterocycles. The Morgan fingerprint density at radius 1 is 1.29 bits per heavy atom. The Bertz CT molecular complexity index is 583. The molecule has 1 aromatic rings. The number of hydrogen-bond acceptors (Lipinski definition) is 4. The first-order valence-electron chi connectivity index (χ1n) is 6.94. The lowest BCUT2D eigenvalue weighted by Gasteiger charge is -2.30. The number of nitrogens with one attached hydrogen (secondary N) is 1. The third-order valence-electron chi connectivity index (χ3n) is 4.02. The van der Waals surface area contributed by atoms with E-state index >= 15 is 0 Å². The van der Waals surface area contributed by atoms with Crippen LogP contribution in [-0.4, -0.2) is 35.2 Å². The van der Waals surface area contributed by atoms with Crippen molar-refractivity contribution in [3.63, 3.8) is 0 Å². The minimum Gasteiger partial charge on any atom is -0.485 e. The topological polar surface area (TPSA) is 84.9 Å². The lowest BCUT2D eigenvalue weighted by molar-refractivity contribution is -0.149. The minimum atomic E-state index is -1.24. The number of ether oxygens (including phenoxy) is 2. The number of carbonyl (C=O) groups is 2. The Balaban J connectivity index is 1.71. The van der Waals surface area contributed by atoms with Gasteiger partial charge in [0.05, 0.1) is 0 Å². The van der Waals surface area contributed by atoms with Crippen molar-refractivity contribution >= 4 is 11.9 Å². The molecule has 0 unspecified atom stereocenters. The molecule has 21 heavy (non-hydrogen) atoms. The predicted molar refractivity (Wildman–Crippen MR) is 73.3 cm³/mol. The number of rotatable bonds is 4. The zero-order chi connectivity index (χ0) is 15.0. The normalized spacial score (nSPS) is 23.0. The average molecular weight is 291 g/mol. The van der Waals surface area contributed by atoms with E-state index in [2.05, 4.69) is 5.32 Å². The van der Waals surface area contributed by atoms with Crippen LogP contribution in [0.4, 0.5) is 0 Å². The average Bonchev–Trinajstić information content (AvgIpc) is 3.31. The first-order valence-corrected chi connectivity index (χ1v) is 6.94. The summed E-state index contributed by atoms with van der Waals surface area (Å²) in [6.45, 7) is 1.62. The summed E-state index contributed by atoms with van der Waals surface area (Å²) in [6, 6.07) is 7.08. The fourth-order valence-corrected chi connectivity index (χ4v) is 2.48. The van der Waals surface area contributed by atoms with Gasteiger partial charge in [-0.2, -0.15) is 0 Å². The number of carboxylic acid groups (broad SMARTS) is 1. The molecular weight excluding hydrogens is 274 g/mol. The fourth-order valence-electron chi connectivity index (χ4n) is 2.48.